The summed E-state index contributed by atoms with van der Waals surface area (Å²) in [4.78, 5) is 23.4. The van der Waals surface area contributed by atoms with E-state index >= 15 is 0 Å². The van der Waals surface area contributed by atoms with E-state index in [2.05, 4.69) is 20.8 Å². The van der Waals surface area contributed by atoms with E-state index in [0.717, 1.165) is 0 Å². The van der Waals surface area contributed by atoms with Crippen LogP contribution in [0.15, 0.2) is 30.6 Å². The molecular formula is C12H11ClN4O2. The molecule has 0 radical (unpaired) electrons. The molecule has 0 atom stereocenters. The number of nitrogens with zero attached hydrogens (tertiary/aromatic N) is 1. The molecule has 1 aromatic carbocycles. The van der Waals surface area contributed by atoms with E-state index in [1.807, 2.05) is 0 Å². The Bertz CT molecular complexity index is 610. The second-order valence-electron chi connectivity index (χ2n) is 3.71. The molecule has 0 bridgehead atoms. The maximum absolute atomic E-state index is 11.8. The Morgan fingerprint density at radius 1 is 1.32 bits per heavy atom. The van der Waals surface area contributed by atoms with Crippen LogP contribution in [0.25, 0.3) is 0 Å². The maximum Gasteiger partial charge on any atom is 0.258 e. The van der Waals surface area contributed by atoms with E-state index in [4.69, 9.17) is 11.6 Å². The van der Waals surface area contributed by atoms with Gasteiger partial charge in [-0.05, 0) is 18.2 Å². The van der Waals surface area contributed by atoms with Crippen molar-refractivity contribution < 1.29 is 9.59 Å². The van der Waals surface area contributed by atoms with E-state index in [9.17, 15) is 9.59 Å². The van der Waals surface area contributed by atoms with Crippen molar-refractivity contribution in [3.63, 3.8) is 0 Å². The van der Waals surface area contributed by atoms with Crippen molar-refractivity contribution in [2.24, 2.45) is 0 Å². The molecule has 0 spiro atoms. The summed E-state index contributed by atoms with van der Waals surface area (Å²) in [6.07, 6.45) is 2.88. The fourth-order valence-electron chi connectivity index (χ4n) is 1.49. The van der Waals surface area contributed by atoms with Gasteiger partial charge in [0.15, 0.2) is 0 Å². The minimum absolute atomic E-state index is 0.300. The normalized spacial score (nSPS) is 10.0. The van der Waals surface area contributed by atoms with Gasteiger partial charge in [0.1, 0.15) is 0 Å². The van der Waals surface area contributed by atoms with E-state index in [0.29, 0.717) is 21.8 Å². The summed E-state index contributed by atoms with van der Waals surface area (Å²) in [6.45, 7) is 0. The quantitative estimate of drug-likeness (QED) is 0.798. The summed E-state index contributed by atoms with van der Waals surface area (Å²) in [5.74, 6) is -0.636. The van der Waals surface area contributed by atoms with Gasteiger partial charge in [0, 0.05) is 18.9 Å². The number of anilines is 1. The third-order valence-electron chi connectivity index (χ3n) is 2.46. The highest BCUT2D eigenvalue weighted by atomic mass is 35.5. The van der Waals surface area contributed by atoms with Crippen LogP contribution in [0, 0.1) is 0 Å². The summed E-state index contributed by atoms with van der Waals surface area (Å²) in [6, 6.07) is 4.68. The van der Waals surface area contributed by atoms with Crippen LogP contribution in [-0.2, 0) is 0 Å². The molecule has 0 saturated heterocycles. The lowest BCUT2D eigenvalue weighted by molar-refractivity contribution is 0.0961. The van der Waals surface area contributed by atoms with Gasteiger partial charge in [0.25, 0.3) is 11.8 Å². The summed E-state index contributed by atoms with van der Waals surface area (Å²) in [7, 11) is 1.51. The molecule has 1 aromatic heterocycles. The summed E-state index contributed by atoms with van der Waals surface area (Å²) < 4.78 is 0. The van der Waals surface area contributed by atoms with Crippen LogP contribution in [-0.4, -0.2) is 29.1 Å². The van der Waals surface area contributed by atoms with Crippen LogP contribution >= 0.6 is 11.6 Å². The molecule has 0 unspecified atom stereocenters. The smallest absolute Gasteiger partial charge is 0.258 e. The van der Waals surface area contributed by atoms with Crippen LogP contribution in [0.3, 0.4) is 0 Å². The van der Waals surface area contributed by atoms with Crippen molar-refractivity contribution in [1.82, 2.24) is 15.5 Å². The highest BCUT2D eigenvalue weighted by Gasteiger charge is 2.12. The first kappa shape index (κ1) is 13.1. The fraction of sp³-hybridized carbons (Fsp3) is 0.0833. The number of aromatic amines is 1. The summed E-state index contributed by atoms with van der Waals surface area (Å²) in [5, 5.41) is 11.7. The van der Waals surface area contributed by atoms with Crippen LogP contribution in [0.4, 0.5) is 5.69 Å². The first-order chi connectivity index (χ1) is 9.11. The highest BCUT2D eigenvalue weighted by molar-refractivity contribution is 6.34. The molecule has 0 aliphatic rings. The van der Waals surface area contributed by atoms with Crippen molar-refractivity contribution in [1.29, 1.82) is 0 Å². The lowest BCUT2D eigenvalue weighted by Gasteiger charge is -2.07. The van der Waals surface area contributed by atoms with Crippen molar-refractivity contribution in [2.45, 2.75) is 0 Å². The molecular weight excluding hydrogens is 268 g/mol. The zero-order valence-electron chi connectivity index (χ0n) is 10.0. The van der Waals surface area contributed by atoms with Crippen LogP contribution in [0.5, 0.6) is 0 Å². The first-order valence-corrected chi connectivity index (χ1v) is 5.81. The number of aromatic nitrogens is 2. The average Bonchev–Trinajstić information content (AvgIpc) is 2.94. The van der Waals surface area contributed by atoms with Crippen molar-refractivity contribution in [3.05, 3.63) is 46.7 Å². The van der Waals surface area contributed by atoms with E-state index < -0.39 is 0 Å². The Morgan fingerprint density at radius 2 is 2.11 bits per heavy atom. The van der Waals surface area contributed by atoms with Gasteiger partial charge >= 0.3 is 0 Å². The molecule has 2 rings (SSSR count). The van der Waals surface area contributed by atoms with E-state index in [1.165, 1.54) is 25.5 Å². The number of rotatable bonds is 3. The second-order valence-corrected chi connectivity index (χ2v) is 4.12. The number of benzene rings is 1. The molecule has 2 aromatic rings. The number of carbonyl (C=O) groups is 2. The van der Waals surface area contributed by atoms with Crippen molar-refractivity contribution in [3.8, 4) is 0 Å². The molecule has 0 saturated carbocycles. The molecule has 7 heteroatoms. The molecule has 0 aliphatic heterocycles. The molecule has 19 heavy (non-hydrogen) atoms. The Kier molecular flexibility index (Phi) is 3.82. The summed E-state index contributed by atoms with van der Waals surface area (Å²) in [5.41, 5.74) is 1.18. The minimum Gasteiger partial charge on any atom is -0.355 e. The number of hydrogen-bond acceptors (Lipinski definition) is 3. The SMILES string of the molecule is CNC(=O)c1cc(NC(=O)c2cn[nH]c2)ccc1Cl. The minimum atomic E-state index is -0.320. The molecule has 0 aliphatic carbocycles. The number of carbonyl (C=O) groups excluding carboxylic acids is 2. The van der Waals surface area contributed by atoms with Gasteiger partial charge in [-0.3, -0.25) is 14.7 Å². The fourth-order valence-corrected chi connectivity index (χ4v) is 1.69. The molecule has 2 amide bonds. The standard InChI is InChI=1S/C12H11ClN4O2/c1-14-12(19)9-4-8(2-3-10(9)13)17-11(18)7-5-15-16-6-7/h2-6H,1H3,(H,14,19)(H,15,16)(H,17,18). The van der Waals surface area contributed by atoms with Crippen molar-refractivity contribution >= 4 is 29.1 Å². The Morgan fingerprint density at radius 3 is 2.74 bits per heavy atom. The molecule has 6 nitrogen and oxygen atoms in total. The molecule has 1 heterocycles. The zero-order valence-corrected chi connectivity index (χ0v) is 10.8. The van der Waals surface area contributed by atoms with Crippen LogP contribution in [0.1, 0.15) is 20.7 Å². The Balaban J connectivity index is 2.22. The third-order valence-corrected chi connectivity index (χ3v) is 2.79. The second kappa shape index (κ2) is 5.53. The number of halogens is 1. The highest BCUT2D eigenvalue weighted by Crippen LogP contribution is 2.21. The number of amides is 2. The van der Waals surface area contributed by atoms with Gasteiger partial charge in [0.2, 0.25) is 0 Å². The van der Waals surface area contributed by atoms with Crippen molar-refractivity contribution in [2.75, 3.05) is 12.4 Å². The molecule has 0 fully saturated rings. The van der Waals surface area contributed by atoms with Gasteiger partial charge in [-0.25, -0.2) is 0 Å². The predicted octanol–water partition coefficient (Wildman–Crippen LogP) is 1.67. The van der Waals surface area contributed by atoms with E-state index in [-0.39, 0.29) is 11.8 Å². The largest absolute Gasteiger partial charge is 0.355 e. The van der Waals surface area contributed by atoms with Gasteiger partial charge in [0.05, 0.1) is 22.3 Å². The molecule has 3 N–H and O–H groups in total. The van der Waals surface area contributed by atoms with Gasteiger partial charge in [-0.2, -0.15) is 5.10 Å². The Hall–Kier alpha value is -2.34. The number of H-pyrrole nitrogens is 1. The van der Waals surface area contributed by atoms with Gasteiger partial charge in [-0.15, -0.1) is 0 Å². The maximum atomic E-state index is 11.8. The predicted molar refractivity (Wildman–Crippen MR) is 71.4 cm³/mol. The number of hydrogen-bond donors (Lipinski definition) is 3. The number of nitrogens with one attached hydrogen (secondary N) is 3. The van der Waals surface area contributed by atoms with Crippen LogP contribution in [0.2, 0.25) is 5.02 Å². The Labute approximate surface area is 114 Å². The topological polar surface area (TPSA) is 86.9 Å². The van der Waals surface area contributed by atoms with Gasteiger partial charge in [-0.1, -0.05) is 11.6 Å². The van der Waals surface area contributed by atoms with E-state index in [1.54, 1.807) is 12.1 Å². The van der Waals surface area contributed by atoms with Crippen LogP contribution < -0.4 is 10.6 Å². The monoisotopic (exact) mass is 278 g/mol. The average molecular weight is 279 g/mol. The first-order valence-electron chi connectivity index (χ1n) is 5.43. The third kappa shape index (κ3) is 2.92. The zero-order chi connectivity index (χ0) is 13.8. The molecule has 98 valence electrons. The van der Waals surface area contributed by atoms with Gasteiger partial charge < -0.3 is 10.6 Å². The summed E-state index contributed by atoms with van der Waals surface area (Å²) >= 11 is 5.92. The lowest BCUT2D eigenvalue weighted by atomic mass is 10.2. The lowest BCUT2D eigenvalue weighted by Crippen LogP contribution is -2.19.